The fourth-order valence-corrected chi connectivity index (χ4v) is 2.77. The number of aliphatic carboxylic acids is 1. The molecule has 0 heterocycles. The van der Waals surface area contributed by atoms with E-state index in [0.29, 0.717) is 31.9 Å². The molecule has 2 fully saturated rings. The molecule has 0 radical (unpaired) electrons. The minimum atomic E-state index is -0.852. The second kappa shape index (κ2) is 6.37. The van der Waals surface area contributed by atoms with Crippen LogP contribution in [0.2, 0.25) is 0 Å². The van der Waals surface area contributed by atoms with Gasteiger partial charge >= 0.3 is 5.97 Å². The van der Waals surface area contributed by atoms with E-state index in [9.17, 15) is 9.59 Å². The largest absolute Gasteiger partial charge is 0.481 e. The Kier molecular flexibility index (Phi) is 4.80. The average Bonchev–Trinajstić information content (AvgIpc) is 3.09. The predicted octanol–water partition coefficient (Wildman–Crippen LogP) is 1.28. The first-order valence-electron chi connectivity index (χ1n) is 7.16. The van der Waals surface area contributed by atoms with Crippen LogP contribution in [0.5, 0.6) is 0 Å². The van der Waals surface area contributed by atoms with Gasteiger partial charge in [-0.25, -0.2) is 0 Å². The van der Waals surface area contributed by atoms with Crippen LogP contribution in [0, 0.1) is 23.7 Å². The number of rotatable bonds is 7. The molecule has 108 valence electrons. The normalized spacial score (nSPS) is 30.3. The zero-order valence-corrected chi connectivity index (χ0v) is 11.4. The molecule has 2 saturated carbocycles. The average molecular weight is 269 g/mol. The van der Waals surface area contributed by atoms with Gasteiger partial charge in [-0.05, 0) is 37.5 Å². The maximum Gasteiger partial charge on any atom is 0.307 e. The van der Waals surface area contributed by atoms with Crippen molar-refractivity contribution in [3.63, 3.8) is 0 Å². The zero-order chi connectivity index (χ0) is 13.8. The van der Waals surface area contributed by atoms with E-state index >= 15 is 0 Å². The molecule has 0 aliphatic heterocycles. The third-order valence-electron chi connectivity index (χ3n) is 4.05. The number of carbonyl (C=O) groups excluding carboxylic acids is 1. The molecule has 0 aromatic heterocycles. The van der Waals surface area contributed by atoms with Crippen molar-refractivity contribution in [2.45, 2.75) is 32.6 Å². The fraction of sp³-hybridized carbons (Fsp3) is 0.857. The van der Waals surface area contributed by atoms with Crippen LogP contribution < -0.4 is 5.32 Å². The van der Waals surface area contributed by atoms with E-state index in [4.69, 9.17) is 9.84 Å². The standard InChI is InChI=1S/C14H23NO4/c1-9-6-11(12(7-9)14(17)18)13(16)15-4-5-19-8-10-2-3-10/h9-12H,2-8H2,1H3,(H,15,16)(H,17,18)/t9?,11-,12+/m0/s1. The topological polar surface area (TPSA) is 75.6 Å². The van der Waals surface area contributed by atoms with Crippen LogP contribution in [0.3, 0.4) is 0 Å². The summed E-state index contributed by atoms with van der Waals surface area (Å²) in [6, 6.07) is 0. The lowest BCUT2D eigenvalue weighted by Gasteiger charge is -2.15. The number of amides is 1. The molecule has 0 aromatic carbocycles. The number of carboxylic acid groups (broad SMARTS) is 1. The van der Waals surface area contributed by atoms with Gasteiger partial charge in [0.05, 0.1) is 18.4 Å². The molecule has 0 saturated heterocycles. The summed E-state index contributed by atoms with van der Waals surface area (Å²) < 4.78 is 5.43. The fourth-order valence-electron chi connectivity index (χ4n) is 2.77. The van der Waals surface area contributed by atoms with Crippen LogP contribution >= 0.6 is 0 Å². The maximum absolute atomic E-state index is 12.0. The number of hydrogen-bond donors (Lipinski definition) is 2. The highest BCUT2D eigenvalue weighted by molar-refractivity contribution is 5.85. The Hall–Kier alpha value is -1.10. The second-order valence-corrected chi connectivity index (χ2v) is 5.94. The van der Waals surface area contributed by atoms with Crippen molar-refractivity contribution in [2.24, 2.45) is 23.7 Å². The van der Waals surface area contributed by atoms with Crippen LogP contribution in [-0.4, -0.2) is 36.7 Å². The zero-order valence-electron chi connectivity index (χ0n) is 11.4. The van der Waals surface area contributed by atoms with Gasteiger partial charge in [0.15, 0.2) is 0 Å². The van der Waals surface area contributed by atoms with Crippen LogP contribution in [0.25, 0.3) is 0 Å². The van der Waals surface area contributed by atoms with Crippen molar-refractivity contribution in [2.75, 3.05) is 19.8 Å². The molecule has 5 heteroatoms. The summed E-state index contributed by atoms with van der Waals surface area (Å²) in [6.45, 7) is 3.78. The second-order valence-electron chi connectivity index (χ2n) is 5.94. The lowest BCUT2D eigenvalue weighted by molar-refractivity contribution is -0.146. The minimum Gasteiger partial charge on any atom is -0.481 e. The summed E-state index contributed by atoms with van der Waals surface area (Å²) in [7, 11) is 0. The Labute approximate surface area is 113 Å². The van der Waals surface area contributed by atoms with Gasteiger partial charge in [0.2, 0.25) is 5.91 Å². The van der Waals surface area contributed by atoms with Gasteiger partial charge in [0.25, 0.3) is 0 Å². The van der Waals surface area contributed by atoms with Crippen LogP contribution in [0.1, 0.15) is 32.6 Å². The van der Waals surface area contributed by atoms with E-state index < -0.39 is 11.9 Å². The van der Waals surface area contributed by atoms with E-state index in [1.165, 1.54) is 12.8 Å². The summed E-state index contributed by atoms with van der Waals surface area (Å²) in [5.74, 6) is -0.856. The van der Waals surface area contributed by atoms with Crippen molar-refractivity contribution in [3.8, 4) is 0 Å². The van der Waals surface area contributed by atoms with Crippen molar-refractivity contribution < 1.29 is 19.4 Å². The molecule has 1 unspecified atom stereocenters. The molecule has 2 aliphatic carbocycles. The molecular weight excluding hydrogens is 246 g/mol. The van der Waals surface area contributed by atoms with Crippen LogP contribution in [-0.2, 0) is 14.3 Å². The van der Waals surface area contributed by atoms with E-state index in [2.05, 4.69) is 5.32 Å². The van der Waals surface area contributed by atoms with E-state index in [1.54, 1.807) is 0 Å². The summed E-state index contributed by atoms with van der Waals surface area (Å²) in [5, 5.41) is 11.9. The molecule has 0 bridgehead atoms. The van der Waals surface area contributed by atoms with Crippen molar-refractivity contribution in [1.29, 1.82) is 0 Å². The van der Waals surface area contributed by atoms with Gasteiger partial charge in [0.1, 0.15) is 0 Å². The SMILES string of the molecule is CC1C[C@H](C(=O)NCCOCC2CC2)[C@H](C(=O)O)C1. The van der Waals surface area contributed by atoms with Gasteiger partial charge < -0.3 is 15.2 Å². The Morgan fingerprint density at radius 3 is 2.58 bits per heavy atom. The minimum absolute atomic E-state index is 0.133. The Bertz CT molecular complexity index is 340. The Morgan fingerprint density at radius 1 is 1.26 bits per heavy atom. The van der Waals surface area contributed by atoms with Gasteiger partial charge in [-0.1, -0.05) is 6.92 Å². The quantitative estimate of drug-likeness (QED) is 0.683. The first kappa shape index (κ1) is 14.3. The third kappa shape index (κ3) is 4.20. The highest BCUT2D eigenvalue weighted by atomic mass is 16.5. The van der Waals surface area contributed by atoms with E-state index in [0.717, 1.165) is 12.5 Å². The summed E-state index contributed by atoms with van der Waals surface area (Å²) in [4.78, 5) is 23.1. The number of carboxylic acids is 1. The molecule has 1 amide bonds. The number of hydrogen-bond acceptors (Lipinski definition) is 3. The van der Waals surface area contributed by atoms with Crippen molar-refractivity contribution in [1.82, 2.24) is 5.32 Å². The maximum atomic E-state index is 12.0. The summed E-state index contributed by atoms with van der Waals surface area (Å²) >= 11 is 0. The van der Waals surface area contributed by atoms with Gasteiger partial charge in [0, 0.05) is 13.2 Å². The number of ether oxygens (including phenoxy) is 1. The smallest absolute Gasteiger partial charge is 0.307 e. The Balaban J connectivity index is 1.67. The van der Waals surface area contributed by atoms with Gasteiger partial charge in [-0.3, -0.25) is 9.59 Å². The number of nitrogens with one attached hydrogen (secondary N) is 1. The molecular formula is C14H23NO4. The van der Waals surface area contributed by atoms with Crippen molar-refractivity contribution in [3.05, 3.63) is 0 Å². The first-order chi connectivity index (χ1) is 9.08. The van der Waals surface area contributed by atoms with Gasteiger partial charge in [-0.2, -0.15) is 0 Å². The summed E-state index contributed by atoms with van der Waals surface area (Å²) in [5.41, 5.74) is 0. The lowest BCUT2D eigenvalue weighted by atomic mass is 9.95. The van der Waals surface area contributed by atoms with Crippen LogP contribution in [0.4, 0.5) is 0 Å². The highest BCUT2D eigenvalue weighted by Crippen LogP contribution is 2.36. The monoisotopic (exact) mass is 269 g/mol. The number of carbonyl (C=O) groups is 2. The molecule has 0 spiro atoms. The highest BCUT2D eigenvalue weighted by Gasteiger charge is 2.40. The predicted molar refractivity (Wildman–Crippen MR) is 69.6 cm³/mol. The molecule has 5 nitrogen and oxygen atoms in total. The first-order valence-corrected chi connectivity index (χ1v) is 7.16. The molecule has 2 rings (SSSR count). The van der Waals surface area contributed by atoms with Gasteiger partial charge in [-0.15, -0.1) is 0 Å². The molecule has 2 N–H and O–H groups in total. The van der Waals surface area contributed by atoms with E-state index in [-0.39, 0.29) is 11.8 Å². The third-order valence-corrected chi connectivity index (χ3v) is 4.05. The summed E-state index contributed by atoms with van der Waals surface area (Å²) in [6.07, 6.45) is 3.79. The molecule has 0 aromatic rings. The Morgan fingerprint density at radius 2 is 1.95 bits per heavy atom. The molecule has 2 aliphatic rings. The molecule has 19 heavy (non-hydrogen) atoms. The lowest BCUT2D eigenvalue weighted by Crippen LogP contribution is -2.37. The van der Waals surface area contributed by atoms with Crippen molar-refractivity contribution >= 4 is 11.9 Å². The van der Waals surface area contributed by atoms with Crippen LogP contribution in [0.15, 0.2) is 0 Å². The molecule has 3 atom stereocenters. The van der Waals surface area contributed by atoms with E-state index in [1.807, 2.05) is 6.92 Å².